The van der Waals surface area contributed by atoms with E-state index >= 15 is 0 Å². The van der Waals surface area contributed by atoms with Crippen LogP contribution in [0.15, 0.2) is 60.8 Å². The molecule has 0 saturated heterocycles. The van der Waals surface area contributed by atoms with Gasteiger partial charge in [-0.1, -0.05) is 17.7 Å². The van der Waals surface area contributed by atoms with Crippen LogP contribution in [0, 0.1) is 10.1 Å². The van der Waals surface area contributed by atoms with Crippen molar-refractivity contribution in [2.45, 2.75) is 19.9 Å². The molecule has 2 amide bonds. The van der Waals surface area contributed by atoms with E-state index in [4.69, 9.17) is 11.6 Å². The Kier molecular flexibility index (Phi) is 7.01. The van der Waals surface area contributed by atoms with E-state index in [0.717, 1.165) is 5.69 Å². The van der Waals surface area contributed by atoms with Crippen molar-refractivity contribution in [1.82, 2.24) is 4.98 Å². The molecule has 1 unspecified atom stereocenters. The minimum atomic E-state index is -0.584. The lowest BCUT2D eigenvalue weighted by molar-refractivity contribution is -0.384. The number of hydrogen-bond donors (Lipinski definition) is 3. The Hall–Kier alpha value is -3.98. The number of halogens is 1. The van der Waals surface area contributed by atoms with Gasteiger partial charge in [0.15, 0.2) is 0 Å². The fourth-order valence-corrected chi connectivity index (χ4v) is 3.15. The van der Waals surface area contributed by atoms with E-state index in [9.17, 15) is 19.7 Å². The topological polar surface area (TPSA) is 126 Å². The quantitative estimate of drug-likeness (QED) is 0.340. The number of carbonyl (C=O) groups is 2. The second kappa shape index (κ2) is 9.88. The fraction of sp³-hybridized carbons (Fsp3) is 0.136. The van der Waals surface area contributed by atoms with Crippen LogP contribution < -0.4 is 16.0 Å². The van der Waals surface area contributed by atoms with Gasteiger partial charge in [-0.15, -0.1) is 0 Å². The Balaban J connectivity index is 1.83. The highest BCUT2D eigenvalue weighted by Gasteiger charge is 2.20. The van der Waals surface area contributed by atoms with Crippen molar-refractivity contribution in [3.63, 3.8) is 0 Å². The average molecular weight is 454 g/mol. The number of amides is 2. The molecule has 0 aliphatic heterocycles. The number of nitrogens with zero attached hydrogens (tertiary/aromatic N) is 2. The number of pyridine rings is 1. The summed E-state index contributed by atoms with van der Waals surface area (Å²) in [7, 11) is 0. The van der Waals surface area contributed by atoms with Crippen LogP contribution in [-0.2, 0) is 4.79 Å². The summed E-state index contributed by atoms with van der Waals surface area (Å²) in [4.78, 5) is 39.3. The van der Waals surface area contributed by atoms with Crippen molar-refractivity contribution in [2.24, 2.45) is 0 Å². The third-order valence-electron chi connectivity index (χ3n) is 4.49. The van der Waals surface area contributed by atoms with Gasteiger partial charge in [-0.2, -0.15) is 0 Å². The van der Waals surface area contributed by atoms with E-state index in [1.54, 1.807) is 18.3 Å². The molecule has 0 spiro atoms. The first kappa shape index (κ1) is 22.7. The predicted octanol–water partition coefficient (Wildman–Crippen LogP) is 5.03. The maximum atomic E-state index is 12.7. The summed E-state index contributed by atoms with van der Waals surface area (Å²) in [6.45, 7) is 3.19. The monoisotopic (exact) mass is 453 g/mol. The van der Waals surface area contributed by atoms with Crippen molar-refractivity contribution in [3.05, 3.63) is 87.2 Å². The Labute approximate surface area is 189 Å². The third kappa shape index (κ3) is 5.58. The van der Waals surface area contributed by atoms with Gasteiger partial charge in [0.25, 0.3) is 11.6 Å². The van der Waals surface area contributed by atoms with Gasteiger partial charge in [0.2, 0.25) is 5.91 Å². The van der Waals surface area contributed by atoms with Crippen molar-refractivity contribution in [1.29, 1.82) is 0 Å². The number of nitro benzene ring substituents is 1. The van der Waals surface area contributed by atoms with Gasteiger partial charge in [-0.25, -0.2) is 0 Å². The summed E-state index contributed by atoms with van der Waals surface area (Å²) in [5.74, 6) is -0.859. The maximum absolute atomic E-state index is 12.7. The van der Waals surface area contributed by atoms with Crippen LogP contribution in [0.1, 0.15) is 35.9 Å². The van der Waals surface area contributed by atoms with Gasteiger partial charge in [0.05, 0.1) is 27.4 Å². The standard InChI is InChI=1S/C22H20ClN5O4/c1-13(18-5-3-4-10-24-18)25-19-9-6-15(11-21(19)28(31)32)22(30)27-20-12-16(26-14(2)29)7-8-17(20)23/h3-13,25H,1-2H3,(H,26,29)(H,27,30). The minimum Gasteiger partial charge on any atom is -0.371 e. The van der Waals surface area contributed by atoms with Gasteiger partial charge >= 0.3 is 0 Å². The Morgan fingerprint density at radius 3 is 2.50 bits per heavy atom. The molecule has 9 nitrogen and oxygen atoms in total. The van der Waals surface area contributed by atoms with Crippen LogP contribution in [0.2, 0.25) is 5.02 Å². The van der Waals surface area contributed by atoms with Crippen LogP contribution >= 0.6 is 11.6 Å². The van der Waals surface area contributed by atoms with Crippen LogP contribution in [0.3, 0.4) is 0 Å². The lowest BCUT2D eigenvalue weighted by Gasteiger charge is -2.15. The number of nitro groups is 1. The third-order valence-corrected chi connectivity index (χ3v) is 4.82. The van der Waals surface area contributed by atoms with E-state index in [-0.39, 0.29) is 39.6 Å². The molecular weight excluding hydrogens is 434 g/mol. The van der Waals surface area contributed by atoms with E-state index in [2.05, 4.69) is 20.9 Å². The molecule has 0 aliphatic carbocycles. The van der Waals surface area contributed by atoms with Gasteiger partial charge in [0.1, 0.15) is 5.69 Å². The van der Waals surface area contributed by atoms with E-state index < -0.39 is 10.8 Å². The van der Waals surface area contributed by atoms with Gasteiger partial charge in [-0.05, 0) is 49.4 Å². The maximum Gasteiger partial charge on any atom is 0.293 e. The molecule has 0 bridgehead atoms. The van der Waals surface area contributed by atoms with E-state index in [1.165, 1.54) is 37.3 Å². The van der Waals surface area contributed by atoms with E-state index in [0.29, 0.717) is 5.69 Å². The van der Waals surface area contributed by atoms with Crippen LogP contribution in [0.4, 0.5) is 22.7 Å². The zero-order valence-electron chi connectivity index (χ0n) is 17.3. The molecule has 32 heavy (non-hydrogen) atoms. The lowest BCUT2D eigenvalue weighted by Crippen LogP contribution is -2.14. The molecule has 3 aromatic rings. The number of anilines is 3. The second-order valence-corrected chi connectivity index (χ2v) is 7.35. The molecule has 0 fully saturated rings. The molecule has 10 heteroatoms. The molecule has 2 aromatic carbocycles. The molecule has 3 N–H and O–H groups in total. The van der Waals surface area contributed by atoms with Crippen molar-refractivity contribution in [2.75, 3.05) is 16.0 Å². The first-order valence-electron chi connectivity index (χ1n) is 9.59. The average Bonchev–Trinajstić information content (AvgIpc) is 2.76. The van der Waals surface area contributed by atoms with Gasteiger partial charge < -0.3 is 16.0 Å². The normalized spacial score (nSPS) is 11.3. The first-order valence-corrected chi connectivity index (χ1v) is 9.97. The number of benzene rings is 2. The zero-order valence-corrected chi connectivity index (χ0v) is 18.0. The highest BCUT2D eigenvalue weighted by Crippen LogP contribution is 2.30. The van der Waals surface area contributed by atoms with E-state index in [1.807, 2.05) is 19.1 Å². The van der Waals surface area contributed by atoms with Crippen molar-refractivity contribution < 1.29 is 14.5 Å². The molecule has 0 aliphatic rings. The molecule has 3 rings (SSSR count). The van der Waals surface area contributed by atoms with Gasteiger partial charge in [0, 0.05) is 30.4 Å². The molecule has 0 radical (unpaired) electrons. The van der Waals surface area contributed by atoms with Crippen molar-refractivity contribution in [3.8, 4) is 0 Å². The molecule has 1 atom stereocenters. The second-order valence-electron chi connectivity index (χ2n) is 6.94. The Morgan fingerprint density at radius 2 is 1.84 bits per heavy atom. The zero-order chi connectivity index (χ0) is 23.3. The number of hydrogen-bond acceptors (Lipinski definition) is 6. The lowest BCUT2D eigenvalue weighted by atomic mass is 10.1. The minimum absolute atomic E-state index is 0.0775. The van der Waals surface area contributed by atoms with Crippen molar-refractivity contribution >= 4 is 46.2 Å². The highest BCUT2D eigenvalue weighted by molar-refractivity contribution is 6.34. The molecule has 0 saturated carbocycles. The molecule has 164 valence electrons. The summed E-state index contributed by atoms with van der Waals surface area (Å²) < 4.78 is 0. The number of rotatable bonds is 7. The SMILES string of the molecule is CC(=O)Nc1ccc(Cl)c(NC(=O)c2ccc(NC(C)c3ccccn3)c([N+](=O)[O-])c2)c1. The van der Waals surface area contributed by atoms with Crippen LogP contribution in [0.5, 0.6) is 0 Å². The number of nitrogens with one attached hydrogen (secondary N) is 3. The highest BCUT2D eigenvalue weighted by atomic mass is 35.5. The molecule has 1 aromatic heterocycles. The fourth-order valence-electron chi connectivity index (χ4n) is 2.98. The number of aromatic nitrogens is 1. The summed E-state index contributed by atoms with van der Waals surface area (Å²) in [6, 6.07) is 13.9. The Morgan fingerprint density at radius 1 is 1.06 bits per heavy atom. The summed E-state index contributed by atoms with van der Waals surface area (Å²) >= 11 is 6.14. The van der Waals surface area contributed by atoms with Crippen LogP contribution in [0.25, 0.3) is 0 Å². The Bertz CT molecular complexity index is 1170. The smallest absolute Gasteiger partial charge is 0.293 e. The number of carbonyl (C=O) groups excluding carboxylic acids is 2. The molecule has 1 heterocycles. The first-order chi connectivity index (χ1) is 15.2. The summed E-state index contributed by atoms with van der Waals surface area (Å²) in [6.07, 6.45) is 1.64. The largest absolute Gasteiger partial charge is 0.371 e. The van der Waals surface area contributed by atoms with Gasteiger partial charge in [-0.3, -0.25) is 24.7 Å². The summed E-state index contributed by atoms with van der Waals surface area (Å²) in [5, 5.41) is 20.2. The molecular formula is C22H20ClN5O4. The predicted molar refractivity (Wildman–Crippen MR) is 123 cm³/mol. The summed E-state index contributed by atoms with van der Waals surface area (Å²) in [5.41, 5.74) is 1.52. The van der Waals surface area contributed by atoms with Crippen LogP contribution in [-0.4, -0.2) is 21.7 Å².